The molecule has 1 unspecified atom stereocenters. The lowest BCUT2D eigenvalue weighted by Crippen LogP contribution is -2.39. The molecule has 118 valence electrons. The van der Waals surface area contributed by atoms with Crippen LogP contribution in [0.2, 0.25) is 5.02 Å². The predicted octanol–water partition coefficient (Wildman–Crippen LogP) is 3.15. The number of hydrogen-bond acceptors (Lipinski definition) is 4. The molecule has 1 N–H and O–H groups in total. The van der Waals surface area contributed by atoms with Crippen molar-refractivity contribution in [1.82, 2.24) is 10.2 Å². The first-order valence-corrected chi connectivity index (χ1v) is 8.05. The summed E-state index contributed by atoms with van der Waals surface area (Å²) in [5.41, 5.74) is 0. The Morgan fingerprint density at radius 1 is 1.14 bits per heavy atom. The van der Waals surface area contributed by atoms with Crippen molar-refractivity contribution in [3.63, 3.8) is 0 Å². The third kappa shape index (κ3) is 4.50. The van der Waals surface area contributed by atoms with E-state index >= 15 is 0 Å². The molecule has 1 atom stereocenters. The molecular weight excluding hydrogens is 288 g/mol. The van der Waals surface area contributed by atoms with Crippen molar-refractivity contribution >= 4 is 11.6 Å². The van der Waals surface area contributed by atoms with Crippen molar-refractivity contribution in [2.24, 2.45) is 0 Å². The average Bonchev–Trinajstić information content (AvgIpc) is 2.78. The highest BCUT2D eigenvalue weighted by Gasteiger charge is 2.36. The minimum absolute atomic E-state index is 0.602. The van der Waals surface area contributed by atoms with Gasteiger partial charge in [0.2, 0.25) is 5.79 Å². The Balaban J connectivity index is 1.72. The van der Waals surface area contributed by atoms with Crippen LogP contribution in [0.5, 0.6) is 11.5 Å². The van der Waals surface area contributed by atoms with E-state index in [0.29, 0.717) is 5.02 Å². The second-order valence-electron chi connectivity index (χ2n) is 5.46. The van der Waals surface area contributed by atoms with E-state index in [9.17, 15) is 0 Å². The third-order valence-electron chi connectivity index (χ3n) is 3.81. The van der Waals surface area contributed by atoms with Gasteiger partial charge in [-0.1, -0.05) is 25.4 Å². The molecule has 0 fully saturated rings. The van der Waals surface area contributed by atoms with Crippen LogP contribution in [-0.2, 0) is 0 Å². The minimum atomic E-state index is -0.602. The number of hydrogen-bond donors (Lipinski definition) is 1. The topological polar surface area (TPSA) is 33.7 Å². The highest BCUT2D eigenvalue weighted by Crippen LogP contribution is 2.41. The van der Waals surface area contributed by atoms with Crippen LogP contribution in [0.3, 0.4) is 0 Å². The highest BCUT2D eigenvalue weighted by atomic mass is 35.5. The normalized spacial score (nSPS) is 20.2. The molecule has 1 aliphatic rings. The number of benzene rings is 1. The van der Waals surface area contributed by atoms with Gasteiger partial charge < -0.3 is 19.7 Å². The van der Waals surface area contributed by atoms with Crippen molar-refractivity contribution in [3.05, 3.63) is 23.2 Å². The molecule has 5 heteroatoms. The molecular formula is C16H25ClN2O2. The molecule has 0 aromatic heterocycles. The van der Waals surface area contributed by atoms with E-state index in [1.807, 2.05) is 19.1 Å². The maximum absolute atomic E-state index is 5.97. The lowest BCUT2D eigenvalue weighted by Gasteiger charge is -2.23. The molecule has 0 saturated heterocycles. The molecule has 0 saturated carbocycles. The molecule has 1 aromatic rings. The zero-order valence-corrected chi connectivity index (χ0v) is 13.9. The summed E-state index contributed by atoms with van der Waals surface area (Å²) in [7, 11) is 0. The first-order chi connectivity index (χ1) is 10.1. The van der Waals surface area contributed by atoms with E-state index in [-0.39, 0.29) is 0 Å². The van der Waals surface area contributed by atoms with Gasteiger partial charge in [-0.05, 0) is 25.2 Å². The van der Waals surface area contributed by atoms with E-state index in [0.717, 1.165) is 50.6 Å². The summed E-state index contributed by atoms with van der Waals surface area (Å²) in [4.78, 5) is 2.40. The Hall–Kier alpha value is -0.970. The van der Waals surface area contributed by atoms with Crippen LogP contribution in [0.25, 0.3) is 0 Å². The number of nitrogens with one attached hydrogen (secondary N) is 1. The number of rotatable bonds is 8. The minimum Gasteiger partial charge on any atom is -0.449 e. The van der Waals surface area contributed by atoms with Gasteiger partial charge in [0.1, 0.15) is 0 Å². The maximum Gasteiger partial charge on any atom is 0.250 e. The summed E-state index contributed by atoms with van der Waals surface area (Å²) in [6.07, 6.45) is 0.789. The number of nitrogens with zero attached hydrogens (tertiary/aromatic N) is 1. The van der Waals surface area contributed by atoms with Crippen LogP contribution < -0.4 is 14.8 Å². The average molecular weight is 313 g/mol. The number of halogens is 1. The van der Waals surface area contributed by atoms with Crippen molar-refractivity contribution in [2.45, 2.75) is 33.0 Å². The van der Waals surface area contributed by atoms with Crippen molar-refractivity contribution in [3.8, 4) is 11.5 Å². The van der Waals surface area contributed by atoms with Gasteiger partial charge in [0.15, 0.2) is 11.5 Å². The van der Waals surface area contributed by atoms with Gasteiger partial charge in [0.05, 0.1) is 0 Å². The zero-order valence-electron chi connectivity index (χ0n) is 13.1. The molecule has 0 bridgehead atoms. The van der Waals surface area contributed by atoms with Crippen LogP contribution in [0.15, 0.2) is 18.2 Å². The van der Waals surface area contributed by atoms with Crippen LogP contribution in [0, 0.1) is 0 Å². The predicted molar refractivity (Wildman–Crippen MR) is 86.4 cm³/mol. The van der Waals surface area contributed by atoms with Crippen LogP contribution in [0.1, 0.15) is 27.2 Å². The van der Waals surface area contributed by atoms with Crippen LogP contribution >= 0.6 is 11.6 Å². The molecule has 0 spiro atoms. The smallest absolute Gasteiger partial charge is 0.250 e. The number of likely N-dealkylation sites (N-methyl/N-ethyl adjacent to an activating group) is 1. The van der Waals surface area contributed by atoms with Crippen LogP contribution in [-0.4, -0.2) is 43.4 Å². The lowest BCUT2D eigenvalue weighted by molar-refractivity contribution is -0.0672. The van der Waals surface area contributed by atoms with Gasteiger partial charge in [-0.15, -0.1) is 0 Å². The Bertz CT molecular complexity index is 466. The molecule has 2 rings (SSSR count). The van der Waals surface area contributed by atoms with E-state index in [1.165, 1.54) is 0 Å². The zero-order chi connectivity index (χ0) is 15.3. The highest BCUT2D eigenvalue weighted by molar-refractivity contribution is 6.30. The van der Waals surface area contributed by atoms with Crippen molar-refractivity contribution < 1.29 is 9.47 Å². The summed E-state index contributed by atoms with van der Waals surface area (Å²) in [6.45, 7) is 11.4. The fourth-order valence-electron chi connectivity index (χ4n) is 2.45. The summed E-state index contributed by atoms with van der Waals surface area (Å²) >= 11 is 5.97. The van der Waals surface area contributed by atoms with Gasteiger partial charge in [-0.3, -0.25) is 0 Å². The number of ether oxygens (including phenoxy) is 2. The second kappa shape index (κ2) is 7.34. The standard InChI is InChI=1S/C16H25ClN2O2/c1-4-19(5-2)11-10-18-9-8-16(3)20-14-7-6-13(17)12-15(14)21-16/h6-7,12,18H,4-5,8-11H2,1-3H3. The van der Waals surface area contributed by atoms with E-state index < -0.39 is 5.79 Å². The van der Waals surface area contributed by atoms with Gasteiger partial charge in [0.25, 0.3) is 0 Å². The van der Waals surface area contributed by atoms with Crippen molar-refractivity contribution in [1.29, 1.82) is 0 Å². The van der Waals surface area contributed by atoms with Gasteiger partial charge >= 0.3 is 0 Å². The molecule has 0 aliphatic carbocycles. The molecule has 1 aromatic carbocycles. The Morgan fingerprint density at radius 3 is 2.57 bits per heavy atom. The molecule has 4 nitrogen and oxygen atoms in total. The van der Waals surface area contributed by atoms with Gasteiger partial charge in [-0.2, -0.15) is 0 Å². The SMILES string of the molecule is CCN(CC)CCNCCC1(C)Oc2ccc(Cl)cc2O1. The Morgan fingerprint density at radius 2 is 1.86 bits per heavy atom. The van der Waals surface area contributed by atoms with Crippen LogP contribution in [0.4, 0.5) is 0 Å². The lowest BCUT2D eigenvalue weighted by atomic mass is 10.2. The van der Waals surface area contributed by atoms with Gasteiger partial charge in [0, 0.05) is 44.1 Å². The van der Waals surface area contributed by atoms with E-state index in [4.69, 9.17) is 21.1 Å². The first kappa shape index (κ1) is 16.4. The summed E-state index contributed by atoms with van der Waals surface area (Å²) in [5, 5.41) is 4.11. The quantitative estimate of drug-likeness (QED) is 0.748. The maximum atomic E-state index is 5.97. The molecule has 0 radical (unpaired) electrons. The second-order valence-corrected chi connectivity index (χ2v) is 5.89. The summed E-state index contributed by atoms with van der Waals surface area (Å²) in [6, 6.07) is 5.48. The molecule has 21 heavy (non-hydrogen) atoms. The largest absolute Gasteiger partial charge is 0.449 e. The molecule has 1 aliphatic heterocycles. The Labute approximate surface area is 132 Å². The van der Waals surface area contributed by atoms with E-state index in [1.54, 1.807) is 6.07 Å². The molecule has 1 heterocycles. The van der Waals surface area contributed by atoms with Gasteiger partial charge in [-0.25, -0.2) is 0 Å². The van der Waals surface area contributed by atoms with Crippen molar-refractivity contribution in [2.75, 3.05) is 32.7 Å². The number of fused-ring (bicyclic) bond motifs is 1. The monoisotopic (exact) mass is 312 g/mol. The summed E-state index contributed by atoms with van der Waals surface area (Å²) in [5.74, 6) is 0.896. The van der Waals surface area contributed by atoms with E-state index in [2.05, 4.69) is 24.1 Å². The first-order valence-electron chi connectivity index (χ1n) is 7.67. The summed E-state index contributed by atoms with van der Waals surface area (Å²) < 4.78 is 11.8. The molecule has 0 amide bonds. The third-order valence-corrected chi connectivity index (χ3v) is 4.05. The Kier molecular flexibility index (Phi) is 5.73. The fourth-order valence-corrected chi connectivity index (χ4v) is 2.61. The fraction of sp³-hybridized carbons (Fsp3) is 0.625.